The molecule has 0 amide bonds. The van der Waals surface area contributed by atoms with E-state index in [2.05, 4.69) is 4.98 Å². The number of para-hydroxylation sites is 1. The molecule has 0 saturated heterocycles. The van der Waals surface area contributed by atoms with Crippen LogP contribution >= 0.6 is 0 Å². The fraction of sp³-hybridized carbons (Fsp3) is 0.143. The number of phenols is 1. The fourth-order valence-corrected chi connectivity index (χ4v) is 2.14. The molecule has 1 N–H and O–H groups in total. The maximum absolute atomic E-state index is 11.8. The van der Waals surface area contributed by atoms with E-state index in [0.29, 0.717) is 29.8 Å². The standard InChI is InChI=1S/C14H11NO3/c16-11-4-2-1-3-10(11)13-12-9(5-7-15-13)6-8-18-14(12)17/h1-5,7,16H,6,8H2. The number of rotatable bonds is 1. The third kappa shape index (κ3) is 1.62. The molecule has 0 bridgehead atoms. The van der Waals surface area contributed by atoms with Crippen LogP contribution in [0.15, 0.2) is 36.5 Å². The lowest BCUT2D eigenvalue weighted by molar-refractivity contribution is 0.0481. The van der Waals surface area contributed by atoms with Gasteiger partial charge in [0.2, 0.25) is 0 Å². The molecule has 1 aliphatic heterocycles. The Morgan fingerprint density at radius 2 is 2.06 bits per heavy atom. The number of benzene rings is 1. The number of cyclic esters (lactones) is 1. The van der Waals surface area contributed by atoms with Gasteiger partial charge in [-0.05, 0) is 23.8 Å². The molecule has 4 heteroatoms. The van der Waals surface area contributed by atoms with Gasteiger partial charge in [-0.3, -0.25) is 4.98 Å². The molecule has 90 valence electrons. The first-order valence-corrected chi connectivity index (χ1v) is 5.71. The molecule has 3 rings (SSSR count). The average molecular weight is 241 g/mol. The van der Waals surface area contributed by atoms with E-state index < -0.39 is 0 Å². The van der Waals surface area contributed by atoms with Gasteiger partial charge in [-0.1, -0.05) is 12.1 Å². The quantitative estimate of drug-likeness (QED) is 0.777. The highest BCUT2D eigenvalue weighted by atomic mass is 16.5. The lowest BCUT2D eigenvalue weighted by Gasteiger charge is -2.18. The third-order valence-electron chi connectivity index (χ3n) is 3.01. The molecule has 4 nitrogen and oxygen atoms in total. The second-order valence-corrected chi connectivity index (χ2v) is 4.10. The highest BCUT2D eigenvalue weighted by molar-refractivity contribution is 5.99. The second kappa shape index (κ2) is 4.14. The molecular formula is C14H11NO3. The number of aromatic nitrogens is 1. The van der Waals surface area contributed by atoms with Gasteiger partial charge in [0.1, 0.15) is 5.75 Å². The van der Waals surface area contributed by atoms with Gasteiger partial charge < -0.3 is 9.84 Å². The molecule has 0 unspecified atom stereocenters. The summed E-state index contributed by atoms with van der Waals surface area (Å²) in [6, 6.07) is 8.65. The van der Waals surface area contributed by atoms with Crippen LogP contribution in [0.1, 0.15) is 15.9 Å². The maximum Gasteiger partial charge on any atom is 0.340 e. The number of carbonyl (C=O) groups excluding carboxylic acids is 1. The number of phenolic OH excluding ortho intramolecular Hbond substituents is 1. The Kier molecular flexibility index (Phi) is 2.48. The number of nitrogens with zero attached hydrogens (tertiary/aromatic N) is 1. The fourth-order valence-electron chi connectivity index (χ4n) is 2.14. The molecule has 18 heavy (non-hydrogen) atoms. The molecule has 0 radical (unpaired) electrons. The molecular weight excluding hydrogens is 230 g/mol. The van der Waals surface area contributed by atoms with E-state index in [0.717, 1.165) is 5.56 Å². The molecule has 0 saturated carbocycles. The van der Waals surface area contributed by atoms with Crippen molar-refractivity contribution in [2.24, 2.45) is 0 Å². The summed E-state index contributed by atoms with van der Waals surface area (Å²) < 4.78 is 5.05. The highest BCUT2D eigenvalue weighted by Gasteiger charge is 2.24. The van der Waals surface area contributed by atoms with Gasteiger partial charge in [0, 0.05) is 18.2 Å². The summed E-state index contributed by atoms with van der Waals surface area (Å²) in [4.78, 5) is 16.1. The number of pyridine rings is 1. The van der Waals surface area contributed by atoms with Crippen LogP contribution in [0, 0.1) is 0 Å². The molecule has 2 heterocycles. The van der Waals surface area contributed by atoms with Crippen molar-refractivity contribution in [3.63, 3.8) is 0 Å². The van der Waals surface area contributed by atoms with Crippen LogP contribution in [0.4, 0.5) is 0 Å². The molecule has 0 atom stereocenters. The minimum Gasteiger partial charge on any atom is -0.507 e. The lowest BCUT2D eigenvalue weighted by Crippen LogP contribution is -2.19. The zero-order valence-corrected chi connectivity index (χ0v) is 9.59. The van der Waals surface area contributed by atoms with E-state index in [4.69, 9.17) is 4.74 Å². The minimum absolute atomic E-state index is 0.108. The Hall–Kier alpha value is -2.36. The van der Waals surface area contributed by atoms with Crippen LogP contribution < -0.4 is 0 Å². The number of aromatic hydroxyl groups is 1. The van der Waals surface area contributed by atoms with Crippen LogP contribution in [0.5, 0.6) is 5.75 Å². The van der Waals surface area contributed by atoms with Gasteiger partial charge in [0.15, 0.2) is 0 Å². The summed E-state index contributed by atoms with van der Waals surface area (Å²) in [5.41, 5.74) is 2.41. The zero-order chi connectivity index (χ0) is 12.5. The van der Waals surface area contributed by atoms with Crippen molar-refractivity contribution in [1.82, 2.24) is 4.98 Å². The summed E-state index contributed by atoms with van der Waals surface area (Å²) >= 11 is 0. The number of hydrogen-bond acceptors (Lipinski definition) is 4. The molecule has 1 aromatic heterocycles. The van der Waals surface area contributed by atoms with Gasteiger partial charge in [0.05, 0.1) is 17.9 Å². The Bertz CT molecular complexity index is 622. The van der Waals surface area contributed by atoms with E-state index in [1.54, 1.807) is 30.5 Å². The average Bonchev–Trinajstić information content (AvgIpc) is 2.39. The van der Waals surface area contributed by atoms with Crippen LogP contribution in [0.3, 0.4) is 0 Å². The largest absolute Gasteiger partial charge is 0.507 e. The van der Waals surface area contributed by atoms with Crippen molar-refractivity contribution >= 4 is 5.97 Å². The Labute approximate surface area is 104 Å². The number of hydrogen-bond donors (Lipinski definition) is 1. The Morgan fingerprint density at radius 3 is 2.89 bits per heavy atom. The van der Waals surface area contributed by atoms with E-state index in [1.807, 2.05) is 6.07 Å². The summed E-state index contributed by atoms with van der Waals surface area (Å²) in [5.74, 6) is -0.264. The van der Waals surface area contributed by atoms with E-state index in [9.17, 15) is 9.90 Å². The monoisotopic (exact) mass is 241 g/mol. The van der Waals surface area contributed by atoms with Crippen molar-refractivity contribution in [2.45, 2.75) is 6.42 Å². The topological polar surface area (TPSA) is 59.4 Å². The first-order chi connectivity index (χ1) is 8.77. The van der Waals surface area contributed by atoms with Crippen molar-refractivity contribution in [2.75, 3.05) is 6.61 Å². The van der Waals surface area contributed by atoms with Crippen molar-refractivity contribution in [3.05, 3.63) is 47.7 Å². The minimum atomic E-state index is -0.373. The van der Waals surface area contributed by atoms with E-state index in [-0.39, 0.29) is 11.7 Å². The summed E-state index contributed by atoms with van der Waals surface area (Å²) in [7, 11) is 0. The van der Waals surface area contributed by atoms with E-state index in [1.165, 1.54) is 0 Å². The SMILES string of the molecule is O=C1OCCc2ccnc(-c3ccccc3O)c21. The zero-order valence-electron chi connectivity index (χ0n) is 9.59. The van der Waals surface area contributed by atoms with Crippen LogP contribution in [-0.2, 0) is 11.2 Å². The molecule has 1 aromatic carbocycles. The maximum atomic E-state index is 11.8. The molecule has 0 fully saturated rings. The van der Waals surface area contributed by atoms with Gasteiger partial charge in [-0.25, -0.2) is 4.79 Å². The predicted octanol–water partition coefficient (Wildman–Crippen LogP) is 2.17. The first-order valence-electron chi connectivity index (χ1n) is 5.71. The molecule has 1 aliphatic rings. The lowest BCUT2D eigenvalue weighted by atomic mass is 9.97. The smallest absolute Gasteiger partial charge is 0.340 e. The summed E-state index contributed by atoms with van der Waals surface area (Å²) in [6.07, 6.45) is 2.34. The van der Waals surface area contributed by atoms with Gasteiger partial charge in [-0.15, -0.1) is 0 Å². The molecule has 0 aliphatic carbocycles. The summed E-state index contributed by atoms with van der Waals surface area (Å²) in [6.45, 7) is 0.399. The van der Waals surface area contributed by atoms with Gasteiger partial charge in [0.25, 0.3) is 0 Å². The molecule has 0 spiro atoms. The first kappa shape index (κ1) is 10.8. The normalized spacial score (nSPS) is 13.9. The van der Waals surface area contributed by atoms with Crippen molar-refractivity contribution in [1.29, 1.82) is 0 Å². The summed E-state index contributed by atoms with van der Waals surface area (Å²) in [5, 5.41) is 9.86. The van der Waals surface area contributed by atoms with E-state index >= 15 is 0 Å². The number of esters is 1. The number of ether oxygens (including phenoxy) is 1. The second-order valence-electron chi connectivity index (χ2n) is 4.10. The van der Waals surface area contributed by atoms with Crippen LogP contribution in [-0.4, -0.2) is 22.7 Å². The Balaban J connectivity index is 2.25. The van der Waals surface area contributed by atoms with Gasteiger partial charge >= 0.3 is 5.97 Å². The van der Waals surface area contributed by atoms with Crippen molar-refractivity contribution < 1.29 is 14.6 Å². The molecule has 2 aromatic rings. The van der Waals surface area contributed by atoms with Crippen LogP contribution in [0.2, 0.25) is 0 Å². The third-order valence-corrected chi connectivity index (χ3v) is 3.01. The Morgan fingerprint density at radius 1 is 1.22 bits per heavy atom. The predicted molar refractivity (Wildman–Crippen MR) is 65.3 cm³/mol. The number of fused-ring (bicyclic) bond motifs is 1. The van der Waals surface area contributed by atoms with Crippen molar-refractivity contribution in [3.8, 4) is 17.0 Å². The number of carbonyl (C=O) groups is 1. The highest BCUT2D eigenvalue weighted by Crippen LogP contribution is 2.32. The van der Waals surface area contributed by atoms with Gasteiger partial charge in [-0.2, -0.15) is 0 Å². The van der Waals surface area contributed by atoms with Crippen LogP contribution in [0.25, 0.3) is 11.3 Å².